The molecule has 6 heteroatoms. The number of carbonyl (C=O) groups excluding carboxylic acids is 2. The molecule has 0 radical (unpaired) electrons. The molecular formula is C18H18N2O4. The fourth-order valence-corrected chi connectivity index (χ4v) is 1.91. The first-order valence-electron chi connectivity index (χ1n) is 7.19. The molecule has 2 aromatic rings. The monoisotopic (exact) mass is 326 g/mol. The van der Waals surface area contributed by atoms with E-state index in [1.807, 2.05) is 30.3 Å². The van der Waals surface area contributed by atoms with Crippen LogP contribution in [0.25, 0.3) is 6.08 Å². The van der Waals surface area contributed by atoms with Crippen molar-refractivity contribution in [3.05, 3.63) is 65.7 Å². The van der Waals surface area contributed by atoms with Gasteiger partial charge >= 0.3 is 0 Å². The third-order valence-electron chi connectivity index (χ3n) is 3.14. The molecule has 0 spiro atoms. The van der Waals surface area contributed by atoms with Crippen LogP contribution in [-0.2, 0) is 4.79 Å². The highest BCUT2D eigenvalue weighted by molar-refractivity contribution is 5.98. The van der Waals surface area contributed by atoms with E-state index < -0.39 is 11.8 Å². The highest BCUT2D eigenvalue weighted by atomic mass is 16.5. The molecule has 0 saturated carbocycles. The Morgan fingerprint density at radius 3 is 2.12 bits per heavy atom. The maximum atomic E-state index is 12.1. The van der Waals surface area contributed by atoms with Crippen molar-refractivity contribution in [2.75, 3.05) is 14.2 Å². The lowest BCUT2D eigenvalue weighted by Crippen LogP contribution is -2.40. The van der Waals surface area contributed by atoms with Crippen LogP contribution in [0.1, 0.15) is 15.9 Å². The normalized spacial score (nSPS) is 10.2. The summed E-state index contributed by atoms with van der Waals surface area (Å²) in [6.45, 7) is 0. The lowest BCUT2D eigenvalue weighted by molar-refractivity contribution is -0.117. The van der Waals surface area contributed by atoms with Crippen LogP contribution >= 0.6 is 0 Å². The molecule has 2 amide bonds. The summed E-state index contributed by atoms with van der Waals surface area (Å²) < 4.78 is 10.2. The number of ether oxygens (including phenoxy) is 2. The molecule has 0 fully saturated rings. The number of hydrogen-bond acceptors (Lipinski definition) is 4. The van der Waals surface area contributed by atoms with Crippen LogP contribution in [0.3, 0.4) is 0 Å². The second kappa shape index (κ2) is 8.38. The Bertz CT molecular complexity index is 720. The van der Waals surface area contributed by atoms with Crippen molar-refractivity contribution < 1.29 is 19.1 Å². The molecule has 2 aromatic carbocycles. The average Bonchev–Trinajstić information content (AvgIpc) is 2.64. The van der Waals surface area contributed by atoms with Gasteiger partial charge in [-0.2, -0.15) is 0 Å². The average molecular weight is 326 g/mol. The van der Waals surface area contributed by atoms with Gasteiger partial charge in [0.1, 0.15) is 11.5 Å². The lowest BCUT2D eigenvalue weighted by atomic mass is 10.2. The molecule has 6 nitrogen and oxygen atoms in total. The fraction of sp³-hybridized carbons (Fsp3) is 0.111. The molecule has 2 N–H and O–H groups in total. The van der Waals surface area contributed by atoms with Crippen LogP contribution in [0.2, 0.25) is 0 Å². The quantitative estimate of drug-likeness (QED) is 0.652. The summed E-state index contributed by atoms with van der Waals surface area (Å²) >= 11 is 0. The maximum absolute atomic E-state index is 12.1. The van der Waals surface area contributed by atoms with E-state index in [4.69, 9.17) is 9.47 Å². The zero-order valence-corrected chi connectivity index (χ0v) is 13.4. The zero-order valence-electron chi connectivity index (χ0n) is 13.4. The van der Waals surface area contributed by atoms with Crippen molar-refractivity contribution in [2.24, 2.45) is 0 Å². The van der Waals surface area contributed by atoms with Gasteiger partial charge in [0.25, 0.3) is 11.8 Å². The van der Waals surface area contributed by atoms with Gasteiger partial charge in [0, 0.05) is 17.7 Å². The Balaban J connectivity index is 1.95. The SMILES string of the molecule is COc1cc(OC)cc(C(=O)NNC(=O)/C=C/c2ccccc2)c1. The van der Waals surface area contributed by atoms with Crippen molar-refractivity contribution in [1.82, 2.24) is 10.9 Å². The van der Waals surface area contributed by atoms with E-state index in [1.165, 1.54) is 20.3 Å². The first-order valence-corrected chi connectivity index (χ1v) is 7.19. The van der Waals surface area contributed by atoms with Gasteiger partial charge < -0.3 is 9.47 Å². The van der Waals surface area contributed by atoms with Gasteiger partial charge in [-0.25, -0.2) is 0 Å². The van der Waals surface area contributed by atoms with E-state index in [1.54, 1.807) is 24.3 Å². The summed E-state index contributed by atoms with van der Waals surface area (Å²) in [6, 6.07) is 14.1. The Hall–Kier alpha value is -3.28. The first kappa shape index (κ1) is 17.1. The van der Waals surface area contributed by atoms with Gasteiger partial charge in [-0.3, -0.25) is 20.4 Å². The van der Waals surface area contributed by atoms with Gasteiger partial charge in [0.15, 0.2) is 0 Å². The van der Waals surface area contributed by atoms with E-state index in [9.17, 15) is 9.59 Å². The van der Waals surface area contributed by atoms with E-state index in [0.29, 0.717) is 17.1 Å². The standard InChI is InChI=1S/C18H18N2O4/c1-23-15-10-14(11-16(12-15)24-2)18(22)20-19-17(21)9-8-13-6-4-3-5-7-13/h3-12H,1-2H3,(H,19,21)(H,20,22)/b9-8+. The third kappa shape index (κ3) is 4.88. The summed E-state index contributed by atoms with van der Waals surface area (Å²) in [5, 5.41) is 0. The molecule has 2 rings (SSSR count). The van der Waals surface area contributed by atoms with Gasteiger partial charge in [-0.1, -0.05) is 30.3 Å². The van der Waals surface area contributed by atoms with Gasteiger partial charge in [0.05, 0.1) is 14.2 Å². The van der Waals surface area contributed by atoms with Gasteiger partial charge in [-0.05, 0) is 23.8 Å². The Labute approximate surface area is 140 Å². The third-order valence-corrected chi connectivity index (χ3v) is 3.14. The van der Waals surface area contributed by atoms with Crippen LogP contribution in [0.4, 0.5) is 0 Å². The number of amides is 2. The summed E-state index contributed by atoms with van der Waals surface area (Å²) in [7, 11) is 2.99. The van der Waals surface area contributed by atoms with Crippen molar-refractivity contribution in [2.45, 2.75) is 0 Å². The van der Waals surface area contributed by atoms with Crippen molar-refractivity contribution in [3.63, 3.8) is 0 Å². The van der Waals surface area contributed by atoms with Crippen LogP contribution in [0.5, 0.6) is 11.5 Å². The minimum Gasteiger partial charge on any atom is -0.497 e. The number of nitrogens with one attached hydrogen (secondary N) is 2. The van der Waals surface area contributed by atoms with Crippen molar-refractivity contribution in [3.8, 4) is 11.5 Å². The molecule has 124 valence electrons. The van der Waals surface area contributed by atoms with Gasteiger partial charge in [-0.15, -0.1) is 0 Å². The molecule has 0 aromatic heterocycles. The fourth-order valence-electron chi connectivity index (χ4n) is 1.91. The van der Waals surface area contributed by atoms with Crippen molar-refractivity contribution >= 4 is 17.9 Å². The summed E-state index contributed by atoms with van der Waals surface area (Å²) in [4.78, 5) is 23.8. The topological polar surface area (TPSA) is 76.7 Å². The van der Waals surface area contributed by atoms with Crippen LogP contribution in [0.15, 0.2) is 54.6 Å². The minimum absolute atomic E-state index is 0.304. The van der Waals surface area contributed by atoms with Crippen LogP contribution in [0, 0.1) is 0 Å². The zero-order chi connectivity index (χ0) is 17.4. The maximum Gasteiger partial charge on any atom is 0.269 e. The number of benzene rings is 2. The van der Waals surface area contributed by atoms with E-state index in [2.05, 4.69) is 10.9 Å². The first-order chi connectivity index (χ1) is 11.6. The largest absolute Gasteiger partial charge is 0.497 e. The molecule has 24 heavy (non-hydrogen) atoms. The lowest BCUT2D eigenvalue weighted by Gasteiger charge is -2.09. The Kier molecular flexibility index (Phi) is 5.96. The molecular weight excluding hydrogens is 308 g/mol. The molecule has 0 aliphatic rings. The Morgan fingerprint density at radius 2 is 1.54 bits per heavy atom. The molecule has 0 atom stereocenters. The molecule has 0 bridgehead atoms. The molecule has 0 aliphatic carbocycles. The van der Waals surface area contributed by atoms with Gasteiger partial charge in [0.2, 0.25) is 0 Å². The number of hydrogen-bond donors (Lipinski definition) is 2. The highest BCUT2D eigenvalue weighted by Crippen LogP contribution is 2.22. The van der Waals surface area contributed by atoms with E-state index in [-0.39, 0.29) is 0 Å². The van der Waals surface area contributed by atoms with E-state index in [0.717, 1.165) is 5.56 Å². The number of carbonyl (C=O) groups is 2. The minimum atomic E-state index is -0.478. The van der Waals surface area contributed by atoms with Crippen molar-refractivity contribution in [1.29, 1.82) is 0 Å². The van der Waals surface area contributed by atoms with Crippen LogP contribution in [-0.4, -0.2) is 26.0 Å². The second-order valence-electron chi connectivity index (χ2n) is 4.79. The number of hydrazine groups is 1. The smallest absolute Gasteiger partial charge is 0.269 e. The second-order valence-corrected chi connectivity index (χ2v) is 4.79. The predicted octanol–water partition coefficient (Wildman–Crippen LogP) is 2.18. The number of methoxy groups -OCH3 is 2. The molecule has 0 heterocycles. The number of rotatable bonds is 5. The summed E-state index contributed by atoms with van der Waals surface area (Å²) in [5.41, 5.74) is 5.85. The highest BCUT2D eigenvalue weighted by Gasteiger charge is 2.10. The molecule has 0 unspecified atom stereocenters. The molecule has 0 saturated heterocycles. The summed E-state index contributed by atoms with van der Waals surface area (Å²) in [5.74, 6) is 0.0420. The van der Waals surface area contributed by atoms with E-state index >= 15 is 0 Å². The Morgan fingerprint density at radius 1 is 0.917 bits per heavy atom. The predicted molar refractivity (Wildman–Crippen MR) is 90.6 cm³/mol. The van der Waals surface area contributed by atoms with Crippen LogP contribution < -0.4 is 20.3 Å². The summed E-state index contributed by atoms with van der Waals surface area (Å²) in [6.07, 6.45) is 2.98. The molecule has 0 aliphatic heterocycles.